The summed E-state index contributed by atoms with van der Waals surface area (Å²) < 4.78 is 0. The van der Waals surface area contributed by atoms with Crippen molar-refractivity contribution in [2.45, 2.75) is 37.5 Å². The Morgan fingerprint density at radius 1 is 1.06 bits per heavy atom. The summed E-state index contributed by atoms with van der Waals surface area (Å²) in [5.41, 5.74) is 0.611. The van der Waals surface area contributed by atoms with Crippen molar-refractivity contribution in [1.82, 2.24) is 15.1 Å². The molecule has 2 aliphatic rings. The van der Waals surface area contributed by atoms with Gasteiger partial charge in [-0.15, -0.1) is 0 Å². The van der Waals surface area contributed by atoms with Gasteiger partial charge in [0, 0.05) is 18.1 Å². The first-order valence-corrected chi connectivity index (χ1v) is 10.7. The number of imide groups is 1. The molecule has 0 saturated carbocycles. The third kappa shape index (κ3) is 4.57. The molecule has 162 valence electrons. The van der Waals surface area contributed by atoms with Crippen LogP contribution in [0.2, 0.25) is 5.02 Å². The molecule has 31 heavy (non-hydrogen) atoms. The van der Waals surface area contributed by atoms with E-state index in [1.807, 2.05) is 30.3 Å². The van der Waals surface area contributed by atoms with E-state index < -0.39 is 23.6 Å². The van der Waals surface area contributed by atoms with Gasteiger partial charge >= 0.3 is 6.03 Å². The maximum Gasteiger partial charge on any atom is 0.325 e. The minimum Gasteiger partial charge on any atom is -0.385 e. The van der Waals surface area contributed by atoms with Crippen LogP contribution in [-0.2, 0) is 21.7 Å². The minimum atomic E-state index is -1.01. The van der Waals surface area contributed by atoms with Crippen molar-refractivity contribution < 1.29 is 19.5 Å². The molecular formula is C23H24ClN3O4. The highest BCUT2D eigenvalue weighted by molar-refractivity contribution is 6.30. The summed E-state index contributed by atoms with van der Waals surface area (Å²) in [7, 11) is 0. The first-order valence-electron chi connectivity index (χ1n) is 10.3. The van der Waals surface area contributed by atoms with Gasteiger partial charge in [-0.2, -0.15) is 0 Å². The zero-order chi connectivity index (χ0) is 22.0. The summed E-state index contributed by atoms with van der Waals surface area (Å²) in [6.45, 7) is 0.926. The lowest BCUT2D eigenvalue weighted by Crippen LogP contribution is -2.47. The van der Waals surface area contributed by atoms with Gasteiger partial charge in [0.15, 0.2) is 0 Å². The van der Waals surface area contributed by atoms with E-state index in [-0.39, 0.29) is 18.9 Å². The van der Waals surface area contributed by atoms with Crippen LogP contribution < -0.4 is 5.32 Å². The van der Waals surface area contributed by atoms with Crippen LogP contribution in [0.4, 0.5) is 4.79 Å². The van der Waals surface area contributed by atoms with Crippen molar-refractivity contribution in [2.75, 3.05) is 13.1 Å². The smallest absolute Gasteiger partial charge is 0.325 e. The number of aliphatic hydroxyl groups is 1. The number of halogens is 1. The number of nitrogens with one attached hydrogen (secondary N) is 1. The highest BCUT2D eigenvalue weighted by atomic mass is 35.5. The van der Waals surface area contributed by atoms with Crippen molar-refractivity contribution in [2.24, 2.45) is 0 Å². The number of hydrogen-bond donors (Lipinski definition) is 2. The molecule has 0 aromatic heterocycles. The normalized spacial score (nSPS) is 20.6. The molecule has 0 bridgehead atoms. The summed E-state index contributed by atoms with van der Waals surface area (Å²) >= 11 is 5.92. The zero-order valence-electron chi connectivity index (χ0n) is 17.0. The van der Waals surface area contributed by atoms with Gasteiger partial charge in [0.1, 0.15) is 6.04 Å². The molecule has 1 atom stereocenters. The van der Waals surface area contributed by atoms with Gasteiger partial charge in [0.25, 0.3) is 5.91 Å². The lowest BCUT2D eigenvalue weighted by Gasteiger charge is -2.38. The number of rotatable bonds is 5. The van der Waals surface area contributed by atoms with E-state index in [4.69, 9.17) is 11.6 Å². The van der Waals surface area contributed by atoms with Crippen LogP contribution in [0.5, 0.6) is 0 Å². The Bertz CT molecular complexity index is 972. The first kappa shape index (κ1) is 21.3. The molecule has 2 heterocycles. The molecule has 4 rings (SSSR count). The van der Waals surface area contributed by atoms with Crippen molar-refractivity contribution in [3.8, 4) is 0 Å². The van der Waals surface area contributed by atoms with Crippen molar-refractivity contribution in [3.05, 3.63) is 70.7 Å². The molecule has 2 aromatic carbocycles. The molecule has 7 nitrogen and oxygen atoms in total. The molecule has 2 N–H and O–H groups in total. The first-order chi connectivity index (χ1) is 14.9. The Kier molecular flexibility index (Phi) is 5.98. The molecule has 0 spiro atoms. The monoisotopic (exact) mass is 441 g/mol. The third-order valence-corrected chi connectivity index (χ3v) is 6.25. The Hall–Kier alpha value is -2.90. The molecule has 8 heteroatoms. The number of carbonyl (C=O) groups excluding carboxylic acids is 3. The van der Waals surface area contributed by atoms with Crippen LogP contribution in [0.3, 0.4) is 0 Å². The van der Waals surface area contributed by atoms with Crippen molar-refractivity contribution in [1.29, 1.82) is 0 Å². The average molecular weight is 442 g/mol. The largest absolute Gasteiger partial charge is 0.385 e. The Labute approximate surface area is 185 Å². The number of hydrogen-bond acceptors (Lipinski definition) is 4. The quantitative estimate of drug-likeness (QED) is 0.698. The molecule has 2 saturated heterocycles. The summed E-state index contributed by atoms with van der Waals surface area (Å²) in [5, 5.41) is 14.2. The lowest BCUT2D eigenvalue weighted by molar-refractivity contribution is -0.139. The van der Waals surface area contributed by atoms with Gasteiger partial charge in [-0.25, -0.2) is 4.79 Å². The number of amides is 4. The van der Waals surface area contributed by atoms with E-state index in [2.05, 4.69) is 5.32 Å². The average Bonchev–Trinajstić information content (AvgIpc) is 3.02. The molecule has 0 aliphatic carbocycles. The van der Waals surface area contributed by atoms with Gasteiger partial charge in [0.05, 0.1) is 18.6 Å². The molecule has 0 radical (unpaired) electrons. The van der Waals surface area contributed by atoms with E-state index in [0.717, 1.165) is 16.0 Å². The molecular weight excluding hydrogens is 418 g/mol. The van der Waals surface area contributed by atoms with Gasteiger partial charge in [0.2, 0.25) is 5.91 Å². The number of likely N-dealkylation sites (tertiary alicyclic amines) is 1. The highest BCUT2D eigenvalue weighted by Crippen LogP contribution is 2.33. The van der Waals surface area contributed by atoms with Crippen molar-refractivity contribution >= 4 is 29.4 Å². The number of benzene rings is 2. The Morgan fingerprint density at radius 2 is 1.71 bits per heavy atom. The number of piperidine rings is 1. The van der Waals surface area contributed by atoms with E-state index in [1.54, 1.807) is 29.2 Å². The summed E-state index contributed by atoms with van der Waals surface area (Å²) in [5.74, 6) is -0.602. The second kappa shape index (κ2) is 8.69. The fourth-order valence-corrected chi connectivity index (χ4v) is 4.24. The van der Waals surface area contributed by atoms with E-state index in [9.17, 15) is 19.5 Å². The molecule has 2 aliphatic heterocycles. The summed E-state index contributed by atoms with van der Waals surface area (Å²) in [4.78, 5) is 40.5. The highest BCUT2D eigenvalue weighted by Gasteiger charge is 2.41. The predicted molar refractivity (Wildman–Crippen MR) is 115 cm³/mol. The number of carbonyl (C=O) groups is 3. The molecule has 2 fully saturated rings. The van der Waals surface area contributed by atoms with Crippen LogP contribution in [0, 0.1) is 0 Å². The predicted octanol–water partition coefficient (Wildman–Crippen LogP) is 2.66. The Balaban J connectivity index is 1.33. The van der Waals surface area contributed by atoms with Gasteiger partial charge in [-0.3, -0.25) is 14.5 Å². The van der Waals surface area contributed by atoms with E-state index in [1.165, 1.54) is 0 Å². The zero-order valence-corrected chi connectivity index (χ0v) is 17.7. The van der Waals surface area contributed by atoms with Crippen LogP contribution >= 0.6 is 11.6 Å². The van der Waals surface area contributed by atoms with Gasteiger partial charge < -0.3 is 15.3 Å². The fraction of sp³-hybridized carbons (Fsp3) is 0.348. The molecule has 4 amide bonds. The summed E-state index contributed by atoms with van der Waals surface area (Å²) in [6, 6.07) is 15.0. The fourth-order valence-electron chi connectivity index (χ4n) is 4.11. The maximum absolute atomic E-state index is 12.8. The molecule has 2 aromatic rings. The van der Waals surface area contributed by atoms with Crippen LogP contribution in [0.25, 0.3) is 0 Å². The van der Waals surface area contributed by atoms with Crippen LogP contribution in [0.1, 0.15) is 30.4 Å². The topological polar surface area (TPSA) is 90.0 Å². The number of urea groups is 1. The van der Waals surface area contributed by atoms with Crippen molar-refractivity contribution in [3.63, 3.8) is 0 Å². The van der Waals surface area contributed by atoms with Crippen LogP contribution in [-0.4, -0.2) is 51.9 Å². The third-order valence-electron chi connectivity index (χ3n) is 5.99. The second-order valence-corrected chi connectivity index (χ2v) is 8.47. The van der Waals surface area contributed by atoms with Gasteiger partial charge in [-0.1, -0.05) is 54.1 Å². The van der Waals surface area contributed by atoms with Crippen LogP contribution in [0.15, 0.2) is 54.6 Å². The second-order valence-electron chi connectivity index (χ2n) is 8.04. The number of nitrogens with zero attached hydrogens (tertiary/aromatic N) is 2. The minimum absolute atomic E-state index is 0.0881. The molecule has 0 unspecified atom stereocenters. The van der Waals surface area contributed by atoms with E-state index >= 15 is 0 Å². The summed E-state index contributed by atoms with van der Waals surface area (Å²) in [6.07, 6.45) is 0.701. The maximum atomic E-state index is 12.8. The SMILES string of the molecule is O=C(C[C@@H]1NC(=O)N(Cc2ccccc2)C1=O)N1CCC(O)(c2ccc(Cl)cc2)CC1. The van der Waals surface area contributed by atoms with E-state index in [0.29, 0.717) is 31.0 Å². The standard InChI is InChI=1S/C23H24ClN3O4/c24-18-8-6-17(7-9-18)23(31)10-12-26(13-11-23)20(28)14-19-21(29)27(22(30)25-19)15-16-4-2-1-3-5-16/h1-9,19,31H,10-15H2,(H,25,30)/t19-/m0/s1. The van der Waals surface area contributed by atoms with Gasteiger partial charge in [-0.05, 0) is 36.1 Å². The Morgan fingerprint density at radius 3 is 2.35 bits per heavy atom. The lowest BCUT2D eigenvalue weighted by atomic mass is 9.84.